The Balaban J connectivity index is 1.68. The summed E-state index contributed by atoms with van der Waals surface area (Å²) in [6, 6.07) is 0. The van der Waals surface area contributed by atoms with Gasteiger partial charge in [0, 0.05) is 38.3 Å². The van der Waals surface area contributed by atoms with Crippen molar-refractivity contribution in [1.82, 2.24) is 4.90 Å². The number of ether oxygens (including phenoxy) is 1. The number of dihydropyridines is 1. The number of aliphatic imine (C=N–C) groups is 1. The van der Waals surface area contributed by atoms with Crippen LogP contribution in [0.25, 0.3) is 0 Å². The lowest BCUT2D eigenvalue weighted by Crippen LogP contribution is -2.61. The van der Waals surface area contributed by atoms with Crippen LogP contribution in [0.2, 0.25) is 0 Å². The van der Waals surface area contributed by atoms with Crippen LogP contribution in [0.4, 0.5) is 0 Å². The number of hydrogen-bond donors (Lipinski definition) is 1. The van der Waals surface area contributed by atoms with Crippen LogP contribution in [-0.4, -0.2) is 54.7 Å². The first kappa shape index (κ1) is 11.7. The molecule has 0 unspecified atom stereocenters. The lowest BCUT2D eigenvalue weighted by Gasteiger charge is -2.53. The van der Waals surface area contributed by atoms with Crippen molar-refractivity contribution in [2.45, 2.75) is 19.3 Å². The highest BCUT2D eigenvalue weighted by atomic mass is 16.5. The Kier molecular flexibility index (Phi) is 2.86. The number of amidine groups is 1. The van der Waals surface area contributed by atoms with Gasteiger partial charge in [-0.3, -0.25) is 4.99 Å². The Morgan fingerprint density at radius 2 is 2.11 bits per heavy atom. The highest BCUT2D eigenvalue weighted by Gasteiger charge is 2.46. The highest BCUT2D eigenvalue weighted by Crippen LogP contribution is 2.40. The van der Waals surface area contributed by atoms with E-state index in [1.807, 2.05) is 0 Å². The fourth-order valence-electron chi connectivity index (χ4n) is 3.04. The minimum absolute atomic E-state index is 0.349. The number of hydrogen-bond acceptors (Lipinski definition) is 4. The summed E-state index contributed by atoms with van der Waals surface area (Å²) in [6.45, 7) is 4.24. The van der Waals surface area contributed by atoms with Gasteiger partial charge in [-0.2, -0.15) is 0 Å². The third kappa shape index (κ3) is 1.92. The maximum absolute atomic E-state index is 11.2. The Morgan fingerprint density at radius 3 is 2.78 bits per heavy atom. The van der Waals surface area contributed by atoms with Crippen molar-refractivity contribution in [2.75, 3.05) is 32.8 Å². The molecule has 0 bridgehead atoms. The van der Waals surface area contributed by atoms with E-state index >= 15 is 0 Å². The van der Waals surface area contributed by atoms with Gasteiger partial charge in [-0.1, -0.05) is 6.08 Å². The Labute approximate surface area is 106 Å². The lowest BCUT2D eigenvalue weighted by atomic mass is 9.73. The van der Waals surface area contributed by atoms with Gasteiger partial charge in [0.1, 0.15) is 5.84 Å². The molecule has 0 aromatic rings. The van der Waals surface area contributed by atoms with E-state index < -0.39 is 5.97 Å². The van der Waals surface area contributed by atoms with E-state index in [1.54, 1.807) is 6.08 Å². The zero-order chi connectivity index (χ0) is 12.6. The summed E-state index contributed by atoms with van der Waals surface area (Å²) in [4.78, 5) is 17.7. The number of likely N-dealkylation sites (tertiary alicyclic amines) is 1. The molecule has 0 aromatic carbocycles. The molecule has 5 heteroatoms. The molecule has 0 radical (unpaired) electrons. The van der Waals surface area contributed by atoms with Crippen LogP contribution < -0.4 is 0 Å². The molecule has 5 nitrogen and oxygen atoms in total. The first-order valence-corrected chi connectivity index (χ1v) is 6.51. The van der Waals surface area contributed by atoms with Crippen molar-refractivity contribution in [3.8, 4) is 0 Å². The lowest BCUT2D eigenvalue weighted by molar-refractivity contribution is -0.132. The molecule has 0 amide bonds. The van der Waals surface area contributed by atoms with Crippen molar-refractivity contribution in [2.24, 2.45) is 10.4 Å². The van der Waals surface area contributed by atoms with Crippen molar-refractivity contribution >= 4 is 11.8 Å². The second-order valence-electron chi connectivity index (χ2n) is 5.39. The quantitative estimate of drug-likeness (QED) is 0.751. The minimum atomic E-state index is -0.860. The monoisotopic (exact) mass is 250 g/mol. The highest BCUT2D eigenvalue weighted by molar-refractivity contribution is 6.18. The molecular weight excluding hydrogens is 232 g/mol. The second-order valence-corrected chi connectivity index (χ2v) is 5.39. The summed E-state index contributed by atoms with van der Waals surface area (Å²) in [5, 5.41) is 9.18. The molecular formula is C13H18N2O3. The summed E-state index contributed by atoms with van der Waals surface area (Å²) in [5.41, 5.74) is 0.727. The van der Waals surface area contributed by atoms with E-state index in [-0.39, 0.29) is 0 Å². The molecule has 98 valence electrons. The number of carboxylic acid groups (broad SMARTS) is 1. The second kappa shape index (κ2) is 4.39. The first-order chi connectivity index (χ1) is 8.70. The molecule has 3 heterocycles. The van der Waals surface area contributed by atoms with Gasteiger partial charge in [0.2, 0.25) is 0 Å². The maximum Gasteiger partial charge on any atom is 0.339 e. The van der Waals surface area contributed by atoms with E-state index in [1.165, 1.54) is 0 Å². The fourth-order valence-corrected chi connectivity index (χ4v) is 3.04. The average Bonchev–Trinajstić information content (AvgIpc) is 2.37. The predicted molar refractivity (Wildman–Crippen MR) is 66.7 cm³/mol. The number of rotatable bonds is 1. The van der Waals surface area contributed by atoms with Crippen molar-refractivity contribution in [3.05, 3.63) is 11.6 Å². The molecule has 2 fully saturated rings. The van der Waals surface area contributed by atoms with Crippen LogP contribution in [0.5, 0.6) is 0 Å². The fraction of sp³-hybridized carbons (Fsp3) is 0.692. The summed E-state index contributed by atoms with van der Waals surface area (Å²) in [7, 11) is 0. The standard InChI is InChI=1S/C13H18N2O3/c16-12(17)10-2-1-5-14-11(10)15-8-13(9-15)3-6-18-7-4-13/h2H,1,3-9H2,(H,16,17). The smallest absolute Gasteiger partial charge is 0.339 e. The van der Waals surface area contributed by atoms with E-state index in [4.69, 9.17) is 4.74 Å². The molecule has 0 aromatic heterocycles. The third-order valence-corrected chi connectivity index (χ3v) is 4.12. The molecule has 1 spiro atoms. The van der Waals surface area contributed by atoms with Crippen LogP contribution in [0.15, 0.2) is 16.6 Å². The number of carboxylic acids is 1. The summed E-state index contributed by atoms with van der Waals surface area (Å²) >= 11 is 0. The molecule has 3 aliphatic rings. The van der Waals surface area contributed by atoms with E-state index in [0.29, 0.717) is 23.4 Å². The van der Waals surface area contributed by atoms with E-state index in [0.717, 1.165) is 45.6 Å². The van der Waals surface area contributed by atoms with Crippen LogP contribution in [0, 0.1) is 5.41 Å². The SMILES string of the molecule is O=C(O)C1=CCCN=C1N1CC2(CCOCC2)C1. The van der Waals surface area contributed by atoms with Gasteiger partial charge in [0.05, 0.1) is 5.57 Å². The van der Waals surface area contributed by atoms with Crippen molar-refractivity contribution in [1.29, 1.82) is 0 Å². The Morgan fingerprint density at radius 1 is 1.39 bits per heavy atom. The Hall–Kier alpha value is -1.36. The van der Waals surface area contributed by atoms with Gasteiger partial charge in [-0.25, -0.2) is 4.79 Å². The summed E-state index contributed by atoms with van der Waals surface area (Å²) < 4.78 is 5.39. The van der Waals surface area contributed by atoms with Crippen molar-refractivity contribution in [3.63, 3.8) is 0 Å². The first-order valence-electron chi connectivity index (χ1n) is 6.51. The van der Waals surface area contributed by atoms with Gasteiger partial charge in [-0.15, -0.1) is 0 Å². The van der Waals surface area contributed by atoms with Crippen LogP contribution >= 0.6 is 0 Å². The van der Waals surface area contributed by atoms with Gasteiger partial charge < -0.3 is 14.7 Å². The van der Waals surface area contributed by atoms with Gasteiger partial charge >= 0.3 is 5.97 Å². The van der Waals surface area contributed by atoms with Crippen LogP contribution in [0.1, 0.15) is 19.3 Å². The predicted octanol–water partition coefficient (Wildman–Crippen LogP) is 0.912. The minimum Gasteiger partial charge on any atom is -0.478 e. The normalized spacial score (nSPS) is 26.3. The molecule has 2 saturated heterocycles. The molecule has 0 aliphatic carbocycles. The molecule has 1 N–H and O–H groups in total. The van der Waals surface area contributed by atoms with Gasteiger partial charge in [-0.05, 0) is 19.3 Å². The third-order valence-electron chi connectivity index (χ3n) is 4.12. The summed E-state index contributed by atoms with van der Waals surface area (Å²) in [5.74, 6) is -0.174. The van der Waals surface area contributed by atoms with Crippen molar-refractivity contribution < 1.29 is 14.6 Å². The molecule has 0 atom stereocenters. The Bertz CT molecular complexity index is 414. The molecule has 18 heavy (non-hydrogen) atoms. The zero-order valence-electron chi connectivity index (χ0n) is 10.4. The zero-order valence-corrected chi connectivity index (χ0v) is 10.4. The number of nitrogens with zero attached hydrogens (tertiary/aromatic N) is 2. The van der Waals surface area contributed by atoms with Gasteiger partial charge in [0.15, 0.2) is 0 Å². The van der Waals surface area contributed by atoms with Crippen LogP contribution in [-0.2, 0) is 9.53 Å². The maximum atomic E-state index is 11.2. The largest absolute Gasteiger partial charge is 0.478 e. The van der Waals surface area contributed by atoms with Gasteiger partial charge in [0.25, 0.3) is 0 Å². The molecule has 0 saturated carbocycles. The van der Waals surface area contributed by atoms with Crippen LogP contribution in [0.3, 0.4) is 0 Å². The van der Waals surface area contributed by atoms with E-state index in [2.05, 4.69) is 9.89 Å². The van der Waals surface area contributed by atoms with E-state index in [9.17, 15) is 9.90 Å². The summed E-state index contributed by atoms with van der Waals surface area (Å²) in [6.07, 6.45) is 4.70. The molecule has 3 aliphatic heterocycles. The number of carbonyl (C=O) groups is 1. The molecule has 3 rings (SSSR count). The number of aliphatic carboxylic acids is 1. The average molecular weight is 250 g/mol. The topological polar surface area (TPSA) is 62.1 Å².